The summed E-state index contributed by atoms with van der Waals surface area (Å²) in [5.74, 6) is 0.777. The molecule has 0 spiro atoms. The van der Waals surface area contributed by atoms with Crippen molar-refractivity contribution in [2.75, 3.05) is 18.5 Å². The lowest BCUT2D eigenvalue weighted by Crippen LogP contribution is -2.06. The molecule has 0 aromatic carbocycles. The van der Waals surface area contributed by atoms with E-state index in [1.807, 2.05) is 0 Å². The molecule has 0 amide bonds. The van der Waals surface area contributed by atoms with E-state index >= 15 is 0 Å². The molecule has 0 fully saturated rings. The average molecular weight is 171 g/mol. The minimum atomic E-state index is 0.100. The fraction of sp³-hybridized carbons (Fsp3) is 0.333. The number of rotatable bonds is 3. The van der Waals surface area contributed by atoms with Crippen molar-refractivity contribution in [2.24, 2.45) is 0 Å². The molecule has 1 aromatic rings. The van der Waals surface area contributed by atoms with Crippen LogP contribution in [0.2, 0.25) is 0 Å². The third-order valence-corrected chi connectivity index (χ3v) is 1.33. The maximum atomic E-state index is 8.48. The van der Waals surface area contributed by atoms with Gasteiger partial charge in [0.1, 0.15) is 10.5 Å². The third-order valence-electron chi connectivity index (χ3n) is 1.11. The number of aromatic nitrogens is 2. The summed E-state index contributed by atoms with van der Waals surface area (Å²) in [4.78, 5) is 6.65. The molecule has 0 aliphatic heterocycles. The first kappa shape index (κ1) is 8.16. The van der Waals surface area contributed by atoms with Crippen molar-refractivity contribution in [1.29, 1.82) is 0 Å². The molecule has 1 heterocycles. The summed E-state index contributed by atoms with van der Waals surface area (Å²) in [5.41, 5.74) is 0. The summed E-state index contributed by atoms with van der Waals surface area (Å²) in [6, 6.07) is 1.70. The summed E-state index contributed by atoms with van der Waals surface area (Å²) in [6.07, 6.45) is 1.52. The van der Waals surface area contributed by atoms with Gasteiger partial charge in [0.2, 0.25) is 0 Å². The summed E-state index contributed by atoms with van der Waals surface area (Å²) < 4.78 is 0.532. The Balaban J connectivity index is 2.64. The van der Waals surface area contributed by atoms with Crippen molar-refractivity contribution >= 4 is 18.0 Å². The lowest BCUT2D eigenvalue weighted by molar-refractivity contribution is 0.311. The van der Waals surface area contributed by atoms with E-state index in [-0.39, 0.29) is 6.61 Å². The number of aliphatic hydroxyl groups excluding tert-OH is 1. The molecule has 1 rings (SSSR count). The fourth-order valence-corrected chi connectivity index (χ4v) is 0.831. The van der Waals surface area contributed by atoms with Crippen molar-refractivity contribution in [3.05, 3.63) is 17.0 Å². The molecule has 0 unspecified atom stereocenters. The van der Waals surface area contributed by atoms with Gasteiger partial charge < -0.3 is 15.4 Å². The van der Waals surface area contributed by atoms with Crippen LogP contribution in [0.5, 0.6) is 0 Å². The molecule has 0 atom stereocenters. The summed E-state index contributed by atoms with van der Waals surface area (Å²) in [6.45, 7) is 0.609. The number of nitrogens with zero attached hydrogens (tertiary/aromatic N) is 1. The first-order valence-corrected chi connectivity index (χ1v) is 3.63. The van der Waals surface area contributed by atoms with Gasteiger partial charge in [-0.05, 0) is 0 Å². The van der Waals surface area contributed by atoms with Gasteiger partial charge in [0.25, 0.3) is 0 Å². The molecule has 1 aromatic heterocycles. The van der Waals surface area contributed by atoms with Crippen LogP contribution in [0.3, 0.4) is 0 Å². The van der Waals surface area contributed by atoms with Crippen LogP contribution in [0, 0.1) is 4.64 Å². The smallest absolute Gasteiger partial charge is 0.131 e. The van der Waals surface area contributed by atoms with Crippen molar-refractivity contribution in [2.45, 2.75) is 0 Å². The normalized spacial score (nSPS) is 9.55. The van der Waals surface area contributed by atoms with Crippen molar-refractivity contribution < 1.29 is 5.11 Å². The lowest BCUT2D eigenvalue weighted by atomic mass is 10.5. The Morgan fingerprint density at radius 3 is 3.18 bits per heavy atom. The molecular weight excluding hydrogens is 162 g/mol. The average Bonchev–Trinajstić information content (AvgIpc) is 2.01. The first-order valence-electron chi connectivity index (χ1n) is 3.22. The topological polar surface area (TPSA) is 60.9 Å². The van der Waals surface area contributed by atoms with Crippen LogP contribution in [-0.2, 0) is 0 Å². The van der Waals surface area contributed by atoms with Gasteiger partial charge in [-0.15, -0.1) is 0 Å². The highest BCUT2D eigenvalue weighted by Gasteiger charge is 1.88. The quantitative estimate of drug-likeness (QED) is 0.581. The van der Waals surface area contributed by atoms with Crippen LogP contribution < -0.4 is 5.32 Å². The molecule has 3 N–H and O–H groups in total. The van der Waals surface area contributed by atoms with Crippen LogP contribution in [0.4, 0.5) is 5.82 Å². The molecule has 0 saturated carbocycles. The number of H-pyrrole nitrogens is 1. The van der Waals surface area contributed by atoms with E-state index in [9.17, 15) is 0 Å². The second-order valence-corrected chi connectivity index (χ2v) is 2.37. The van der Waals surface area contributed by atoms with Gasteiger partial charge in [0.05, 0.1) is 12.9 Å². The Morgan fingerprint density at radius 1 is 1.73 bits per heavy atom. The monoisotopic (exact) mass is 171 g/mol. The minimum absolute atomic E-state index is 0.100. The number of hydrogen-bond acceptors (Lipinski definition) is 4. The van der Waals surface area contributed by atoms with E-state index in [2.05, 4.69) is 15.3 Å². The number of aromatic amines is 1. The molecule has 5 heteroatoms. The second-order valence-electron chi connectivity index (χ2n) is 1.95. The van der Waals surface area contributed by atoms with Crippen LogP contribution >= 0.6 is 12.2 Å². The molecule has 0 aliphatic rings. The standard InChI is InChI=1S/C6H9N3OS/c10-2-1-7-5-3-6(11)9-4-8-5/h3-4,10H,1-2H2,(H2,7,8,9,11). The Labute approximate surface area is 69.3 Å². The van der Waals surface area contributed by atoms with E-state index < -0.39 is 0 Å². The minimum Gasteiger partial charge on any atom is -0.395 e. The predicted octanol–water partition coefficient (Wildman–Crippen LogP) is 0.543. The van der Waals surface area contributed by atoms with Gasteiger partial charge >= 0.3 is 0 Å². The number of nitrogens with one attached hydrogen (secondary N) is 2. The van der Waals surface area contributed by atoms with Crippen LogP contribution in [0.1, 0.15) is 0 Å². The molecule has 0 radical (unpaired) electrons. The molecule has 0 saturated heterocycles. The van der Waals surface area contributed by atoms with Gasteiger partial charge in [-0.1, -0.05) is 12.2 Å². The van der Waals surface area contributed by atoms with Gasteiger partial charge in [-0.2, -0.15) is 0 Å². The van der Waals surface area contributed by atoms with Crippen LogP contribution in [0.15, 0.2) is 12.4 Å². The third kappa shape index (κ3) is 2.65. The summed E-state index contributed by atoms with van der Waals surface area (Å²) in [5, 5.41) is 11.4. The number of anilines is 1. The molecule has 0 aliphatic carbocycles. The molecule has 0 bridgehead atoms. The van der Waals surface area contributed by atoms with Crippen LogP contribution in [0.25, 0.3) is 0 Å². The van der Waals surface area contributed by atoms with Crippen molar-refractivity contribution in [1.82, 2.24) is 9.97 Å². The van der Waals surface area contributed by atoms with E-state index in [1.165, 1.54) is 6.33 Å². The van der Waals surface area contributed by atoms with E-state index in [0.717, 1.165) is 5.82 Å². The SMILES string of the molecule is OCCNc1cc(=S)nc[nH]1. The molecule has 4 nitrogen and oxygen atoms in total. The Morgan fingerprint density at radius 2 is 2.55 bits per heavy atom. The summed E-state index contributed by atoms with van der Waals surface area (Å²) >= 11 is 4.82. The van der Waals surface area contributed by atoms with Gasteiger partial charge in [-0.3, -0.25) is 0 Å². The van der Waals surface area contributed by atoms with Gasteiger partial charge in [0, 0.05) is 12.6 Å². The number of hydrogen-bond donors (Lipinski definition) is 3. The zero-order chi connectivity index (χ0) is 8.10. The van der Waals surface area contributed by atoms with Crippen molar-refractivity contribution in [3.8, 4) is 0 Å². The highest BCUT2D eigenvalue weighted by molar-refractivity contribution is 7.71. The van der Waals surface area contributed by atoms with E-state index in [4.69, 9.17) is 17.3 Å². The van der Waals surface area contributed by atoms with Crippen molar-refractivity contribution in [3.63, 3.8) is 0 Å². The van der Waals surface area contributed by atoms with Gasteiger partial charge in [-0.25, -0.2) is 4.98 Å². The first-order chi connectivity index (χ1) is 5.33. The number of aliphatic hydroxyl groups is 1. The van der Waals surface area contributed by atoms with Crippen LogP contribution in [-0.4, -0.2) is 28.2 Å². The zero-order valence-corrected chi connectivity index (χ0v) is 6.69. The lowest BCUT2D eigenvalue weighted by Gasteiger charge is -2.01. The summed E-state index contributed by atoms with van der Waals surface area (Å²) in [7, 11) is 0. The Bertz CT molecular complexity index is 273. The highest BCUT2D eigenvalue weighted by Crippen LogP contribution is 1.98. The van der Waals surface area contributed by atoms with Gasteiger partial charge in [0.15, 0.2) is 0 Å². The van der Waals surface area contributed by atoms with E-state index in [0.29, 0.717) is 11.2 Å². The molecule has 11 heavy (non-hydrogen) atoms. The second kappa shape index (κ2) is 4.05. The zero-order valence-electron chi connectivity index (χ0n) is 5.87. The molecule has 60 valence electrons. The predicted molar refractivity (Wildman–Crippen MR) is 45.0 cm³/mol. The highest BCUT2D eigenvalue weighted by atomic mass is 32.1. The maximum absolute atomic E-state index is 8.48. The largest absolute Gasteiger partial charge is 0.395 e. The molecular formula is C6H9N3OS. The Hall–Kier alpha value is -0.940. The Kier molecular flexibility index (Phi) is 3.00. The van der Waals surface area contributed by atoms with E-state index in [1.54, 1.807) is 6.07 Å². The fourth-order valence-electron chi connectivity index (χ4n) is 0.660. The maximum Gasteiger partial charge on any atom is 0.131 e.